The lowest BCUT2D eigenvalue weighted by atomic mass is 9.47. The summed E-state index contributed by atoms with van der Waals surface area (Å²) < 4.78 is 36.6. The molecular formula is C28H48O5S. The van der Waals surface area contributed by atoms with Gasteiger partial charge in [-0.2, -0.15) is 8.42 Å². The molecule has 2 N–H and O–H groups in total. The van der Waals surface area contributed by atoms with E-state index in [0.717, 1.165) is 49.9 Å². The summed E-state index contributed by atoms with van der Waals surface area (Å²) in [6.07, 6.45) is 14.7. The average molecular weight is 497 g/mol. The minimum absolute atomic E-state index is 0.138. The molecular weight excluding hydrogens is 448 g/mol. The largest absolute Gasteiger partial charge is 0.397 e. The van der Waals surface area contributed by atoms with Gasteiger partial charge in [0.1, 0.15) is 0 Å². The highest BCUT2D eigenvalue weighted by molar-refractivity contribution is 7.80. The molecule has 0 aliphatic heterocycles. The summed E-state index contributed by atoms with van der Waals surface area (Å²) in [5.74, 6) is 3.66. The van der Waals surface area contributed by atoms with E-state index < -0.39 is 22.1 Å². The number of fused-ring (bicyclic) bond motifs is 5. The second-order valence-electron chi connectivity index (χ2n) is 13.1. The van der Waals surface area contributed by atoms with Crippen LogP contribution in [0.5, 0.6) is 0 Å². The molecule has 0 heterocycles. The summed E-state index contributed by atoms with van der Waals surface area (Å²) in [6, 6.07) is 0. The predicted molar refractivity (Wildman–Crippen MR) is 136 cm³/mol. The summed E-state index contributed by atoms with van der Waals surface area (Å²) in [6.45, 7) is 11.5. The van der Waals surface area contributed by atoms with E-state index in [1.54, 1.807) is 0 Å². The van der Waals surface area contributed by atoms with Crippen molar-refractivity contribution in [3.05, 3.63) is 11.6 Å². The number of allylic oxidation sites excluding steroid dienone is 1. The number of hydrogen-bond acceptors (Lipinski definition) is 4. The van der Waals surface area contributed by atoms with Gasteiger partial charge in [0.2, 0.25) is 0 Å². The predicted octanol–water partition coefficient (Wildman–Crippen LogP) is 6.72. The number of hydrogen-bond donors (Lipinski definition) is 2. The van der Waals surface area contributed by atoms with Crippen LogP contribution >= 0.6 is 0 Å². The van der Waals surface area contributed by atoms with E-state index in [1.165, 1.54) is 37.7 Å². The van der Waals surface area contributed by atoms with Crippen molar-refractivity contribution in [1.29, 1.82) is 0 Å². The fourth-order valence-electron chi connectivity index (χ4n) is 9.04. The molecule has 3 fully saturated rings. The van der Waals surface area contributed by atoms with Crippen molar-refractivity contribution in [2.75, 3.05) is 0 Å². The molecule has 0 amide bonds. The third-order valence-electron chi connectivity index (χ3n) is 11.2. The molecule has 9 atom stereocenters. The van der Waals surface area contributed by atoms with Crippen molar-refractivity contribution < 1.29 is 22.3 Å². The van der Waals surface area contributed by atoms with Gasteiger partial charge in [-0.1, -0.05) is 52.2 Å². The van der Waals surface area contributed by atoms with E-state index in [1.807, 2.05) is 6.92 Å². The molecule has 0 aromatic rings. The first-order chi connectivity index (χ1) is 15.8. The summed E-state index contributed by atoms with van der Waals surface area (Å²) >= 11 is 0. The van der Waals surface area contributed by atoms with Crippen molar-refractivity contribution >= 4 is 10.4 Å². The highest BCUT2D eigenvalue weighted by Crippen LogP contribution is 2.67. The quantitative estimate of drug-likeness (QED) is 0.288. The fraction of sp³-hybridized carbons (Fsp3) is 0.929. The van der Waals surface area contributed by atoms with Crippen LogP contribution in [0.25, 0.3) is 0 Å². The molecule has 34 heavy (non-hydrogen) atoms. The lowest BCUT2D eigenvalue weighted by molar-refractivity contribution is -0.0564. The van der Waals surface area contributed by atoms with Gasteiger partial charge in [0.15, 0.2) is 0 Å². The molecule has 0 aromatic carbocycles. The zero-order chi connectivity index (χ0) is 24.9. The highest BCUT2D eigenvalue weighted by Gasteiger charge is 2.59. The maximum absolute atomic E-state index is 11.2. The molecule has 5 nitrogen and oxygen atoms in total. The summed E-state index contributed by atoms with van der Waals surface area (Å²) in [4.78, 5) is 0. The molecule has 4 aliphatic rings. The molecule has 9 unspecified atom stereocenters. The molecule has 0 aromatic heterocycles. The van der Waals surface area contributed by atoms with Gasteiger partial charge >= 0.3 is 10.4 Å². The molecule has 4 aliphatic carbocycles. The van der Waals surface area contributed by atoms with Crippen LogP contribution in [0.3, 0.4) is 0 Å². The highest BCUT2D eigenvalue weighted by atomic mass is 32.3. The van der Waals surface area contributed by atoms with Crippen LogP contribution in [0.2, 0.25) is 0 Å². The van der Waals surface area contributed by atoms with Crippen LogP contribution in [0.15, 0.2) is 11.6 Å². The molecule has 4 rings (SSSR count). The van der Waals surface area contributed by atoms with Crippen LogP contribution in [0.4, 0.5) is 0 Å². The summed E-state index contributed by atoms with van der Waals surface area (Å²) in [5, 5.41) is 10.4. The Hall–Kier alpha value is -0.430. The molecule has 0 radical (unpaired) electrons. The third-order valence-corrected chi connectivity index (χ3v) is 11.7. The molecule has 0 saturated heterocycles. The van der Waals surface area contributed by atoms with Crippen molar-refractivity contribution in [2.45, 2.75) is 123 Å². The topological polar surface area (TPSA) is 83.8 Å². The zero-order valence-corrected chi connectivity index (χ0v) is 22.9. The van der Waals surface area contributed by atoms with Crippen LogP contribution in [-0.2, 0) is 14.6 Å². The normalized spacial score (nSPS) is 42.7. The standard InChI is InChI=1S/C28H48O5S/c1-6-26(3,29)15-7-8-19(2)23-11-12-24-22-10-9-20-18-21(33-34(30,31)32)13-16-27(20,4)25(22)14-17-28(23,24)5/h9,19,21-25,29H,6-8,10-18H2,1-5H3,(H,30,31,32). The smallest absolute Gasteiger partial charge is 0.390 e. The SMILES string of the molecule is CCC(C)(O)CCCC(C)C1CCC2C3CC=C4CC(OS(=O)(=O)O)CCC4(C)C3CCC12C. The lowest BCUT2D eigenvalue weighted by Crippen LogP contribution is -2.51. The van der Waals surface area contributed by atoms with Gasteiger partial charge in [-0.25, -0.2) is 4.18 Å². The maximum Gasteiger partial charge on any atom is 0.397 e. The number of rotatable bonds is 8. The molecule has 0 spiro atoms. The van der Waals surface area contributed by atoms with Gasteiger partial charge in [-0.3, -0.25) is 4.55 Å². The van der Waals surface area contributed by atoms with Crippen molar-refractivity contribution in [1.82, 2.24) is 0 Å². The van der Waals surface area contributed by atoms with Crippen molar-refractivity contribution in [2.24, 2.45) is 40.4 Å². The first kappa shape index (κ1) is 26.6. The Morgan fingerprint density at radius 3 is 2.59 bits per heavy atom. The third kappa shape index (κ3) is 5.03. The number of aliphatic hydroxyl groups is 1. The average Bonchev–Trinajstić information content (AvgIpc) is 3.10. The van der Waals surface area contributed by atoms with E-state index in [2.05, 4.69) is 33.8 Å². The van der Waals surface area contributed by atoms with Crippen LogP contribution in [-0.4, -0.2) is 29.8 Å². The minimum Gasteiger partial charge on any atom is -0.390 e. The lowest BCUT2D eigenvalue weighted by Gasteiger charge is -2.58. The second-order valence-corrected chi connectivity index (χ2v) is 14.1. The minimum atomic E-state index is -4.40. The van der Waals surface area contributed by atoms with Crippen molar-refractivity contribution in [3.8, 4) is 0 Å². The first-order valence-corrected chi connectivity index (χ1v) is 15.2. The molecule has 0 bridgehead atoms. The van der Waals surface area contributed by atoms with E-state index in [9.17, 15) is 13.5 Å². The maximum atomic E-state index is 11.2. The summed E-state index contributed by atoms with van der Waals surface area (Å²) in [7, 11) is -4.40. The zero-order valence-electron chi connectivity index (χ0n) is 22.1. The molecule has 196 valence electrons. The Kier molecular flexibility index (Phi) is 7.41. The van der Waals surface area contributed by atoms with Gasteiger partial charge in [-0.05, 0) is 112 Å². The molecule has 3 saturated carbocycles. The van der Waals surface area contributed by atoms with E-state index in [-0.39, 0.29) is 5.41 Å². The second kappa shape index (κ2) is 9.46. The van der Waals surface area contributed by atoms with Crippen LogP contribution in [0.1, 0.15) is 112 Å². The van der Waals surface area contributed by atoms with Gasteiger partial charge < -0.3 is 5.11 Å². The Morgan fingerprint density at radius 2 is 1.91 bits per heavy atom. The van der Waals surface area contributed by atoms with Gasteiger partial charge in [0.25, 0.3) is 0 Å². The Labute approximate surface area is 208 Å². The van der Waals surface area contributed by atoms with Crippen LogP contribution < -0.4 is 0 Å². The van der Waals surface area contributed by atoms with E-state index >= 15 is 0 Å². The molecule has 6 heteroatoms. The fourth-order valence-corrected chi connectivity index (χ4v) is 9.55. The Morgan fingerprint density at radius 1 is 1.18 bits per heavy atom. The van der Waals surface area contributed by atoms with Crippen molar-refractivity contribution in [3.63, 3.8) is 0 Å². The monoisotopic (exact) mass is 496 g/mol. The van der Waals surface area contributed by atoms with Crippen LogP contribution in [0, 0.1) is 40.4 Å². The first-order valence-electron chi connectivity index (χ1n) is 13.9. The van der Waals surface area contributed by atoms with Gasteiger partial charge in [0.05, 0.1) is 11.7 Å². The van der Waals surface area contributed by atoms with E-state index in [0.29, 0.717) is 30.1 Å². The Balaban J connectivity index is 1.44. The van der Waals surface area contributed by atoms with E-state index in [4.69, 9.17) is 8.74 Å². The van der Waals surface area contributed by atoms with Gasteiger partial charge in [0, 0.05) is 0 Å². The Bertz CT molecular complexity index is 879. The van der Waals surface area contributed by atoms with Gasteiger partial charge in [-0.15, -0.1) is 0 Å². The summed E-state index contributed by atoms with van der Waals surface area (Å²) in [5.41, 5.74) is 1.40.